The fourth-order valence-electron chi connectivity index (χ4n) is 7.02. The van der Waals surface area contributed by atoms with Gasteiger partial charge in [-0.2, -0.15) is 0 Å². The van der Waals surface area contributed by atoms with Crippen LogP contribution in [0, 0.1) is 0 Å². The highest BCUT2D eigenvalue weighted by Crippen LogP contribution is 2.50. The zero-order valence-corrected chi connectivity index (χ0v) is 26.7. The van der Waals surface area contributed by atoms with Crippen LogP contribution in [0.15, 0.2) is 176 Å². The van der Waals surface area contributed by atoms with E-state index in [0.717, 1.165) is 28.4 Å². The number of nitrogens with one attached hydrogen (secondary N) is 1. The molecule has 1 N–H and O–H groups in total. The van der Waals surface area contributed by atoms with Crippen molar-refractivity contribution in [1.82, 2.24) is 0 Å². The number of para-hydroxylation sites is 2. The number of hydrogen-bond donors (Lipinski definition) is 1. The van der Waals surface area contributed by atoms with Crippen LogP contribution in [0.2, 0.25) is 0 Å². The number of benzene rings is 7. The van der Waals surface area contributed by atoms with Gasteiger partial charge in [0.1, 0.15) is 0 Å². The van der Waals surface area contributed by atoms with Gasteiger partial charge in [-0.25, -0.2) is 0 Å². The topological polar surface area (TPSA) is 15.3 Å². The Morgan fingerprint density at radius 2 is 0.936 bits per heavy atom. The van der Waals surface area contributed by atoms with E-state index in [1.807, 2.05) is 0 Å². The number of fused-ring (bicyclic) bond motifs is 3. The molecule has 0 saturated carbocycles. The maximum atomic E-state index is 3.63. The standard InChI is InChI=1S/C45H36N2/c1-45(2)42-19-11-9-18-40(42)41-30-29-38(31-43(41)45)47(36-15-7-4-8-16-36)37-27-23-33(24-28-37)32-21-25-35(26-22-32)46-44-20-12-10-17-39(44)34-13-5-3-6-14-34/h3-31,46H,1-2H3. The quantitative estimate of drug-likeness (QED) is 0.195. The summed E-state index contributed by atoms with van der Waals surface area (Å²) in [5.41, 5.74) is 15.7. The first-order valence-corrected chi connectivity index (χ1v) is 16.3. The molecular weight excluding hydrogens is 569 g/mol. The summed E-state index contributed by atoms with van der Waals surface area (Å²) in [5, 5.41) is 3.63. The average Bonchev–Trinajstić information content (AvgIpc) is 3.36. The summed E-state index contributed by atoms with van der Waals surface area (Å²) in [7, 11) is 0. The summed E-state index contributed by atoms with van der Waals surface area (Å²) in [4.78, 5) is 2.36. The minimum absolute atomic E-state index is 0.0567. The second-order valence-corrected chi connectivity index (χ2v) is 12.7. The Kier molecular flexibility index (Phi) is 7.19. The number of nitrogens with zero attached hydrogens (tertiary/aromatic N) is 1. The molecule has 0 saturated heterocycles. The van der Waals surface area contributed by atoms with Gasteiger partial charge in [0.2, 0.25) is 0 Å². The van der Waals surface area contributed by atoms with E-state index in [9.17, 15) is 0 Å². The van der Waals surface area contributed by atoms with E-state index >= 15 is 0 Å². The SMILES string of the molecule is CC1(C)c2ccccc2-c2ccc(N(c3ccccc3)c3ccc(-c4ccc(Nc5ccccc5-c5ccccc5)cc4)cc3)cc21. The molecule has 2 heteroatoms. The molecule has 226 valence electrons. The van der Waals surface area contributed by atoms with Crippen molar-refractivity contribution in [2.75, 3.05) is 10.2 Å². The number of rotatable bonds is 7. The normalized spacial score (nSPS) is 12.6. The van der Waals surface area contributed by atoms with Crippen LogP contribution in [-0.2, 0) is 5.41 Å². The molecule has 0 radical (unpaired) electrons. The van der Waals surface area contributed by atoms with Crippen molar-refractivity contribution in [2.45, 2.75) is 19.3 Å². The smallest absolute Gasteiger partial charge is 0.0465 e. The molecule has 0 amide bonds. The summed E-state index contributed by atoms with van der Waals surface area (Å²) in [6.45, 7) is 4.68. The van der Waals surface area contributed by atoms with E-state index in [-0.39, 0.29) is 5.41 Å². The first-order chi connectivity index (χ1) is 23.1. The molecule has 2 nitrogen and oxygen atoms in total. The molecule has 7 aromatic rings. The van der Waals surface area contributed by atoms with Gasteiger partial charge in [0.25, 0.3) is 0 Å². The second-order valence-electron chi connectivity index (χ2n) is 12.7. The third-order valence-electron chi connectivity index (χ3n) is 9.47. The van der Waals surface area contributed by atoms with Crippen molar-refractivity contribution in [3.05, 3.63) is 187 Å². The molecule has 0 aliphatic heterocycles. The highest BCUT2D eigenvalue weighted by atomic mass is 15.1. The molecule has 0 fully saturated rings. The fourth-order valence-corrected chi connectivity index (χ4v) is 7.02. The minimum Gasteiger partial charge on any atom is -0.355 e. The van der Waals surface area contributed by atoms with Gasteiger partial charge in [-0.15, -0.1) is 0 Å². The summed E-state index contributed by atoms with van der Waals surface area (Å²) in [6.07, 6.45) is 0. The lowest BCUT2D eigenvalue weighted by molar-refractivity contribution is 0.660. The van der Waals surface area contributed by atoms with Gasteiger partial charge in [0, 0.05) is 39.4 Å². The van der Waals surface area contributed by atoms with Crippen molar-refractivity contribution >= 4 is 28.4 Å². The molecule has 0 bridgehead atoms. The van der Waals surface area contributed by atoms with Crippen LogP contribution in [0.5, 0.6) is 0 Å². The Bertz CT molecular complexity index is 2160. The molecule has 7 aromatic carbocycles. The number of anilines is 5. The Morgan fingerprint density at radius 1 is 0.404 bits per heavy atom. The largest absolute Gasteiger partial charge is 0.355 e. The van der Waals surface area contributed by atoms with Crippen molar-refractivity contribution in [2.24, 2.45) is 0 Å². The van der Waals surface area contributed by atoms with Crippen molar-refractivity contribution in [3.8, 4) is 33.4 Å². The van der Waals surface area contributed by atoms with Gasteiger partial charge < -0.3 is 10.2 Å². The number of hydrogen-bond acceptors (Lipinski definition) is 2. The van der Waals surface area contributed by atoms with E-state index in [1.165, 1.54) is 44.5 Å². The molecule has 0 atom stereocenters. The summed E-state index contributed by atoms with van der Waals surface area (Å²) >= 11 is 0. The third-order valence-corrected chi connectivity index (χ3v) is 9.47. The summed E-state index contributed by atoms with van der Waals surface area (Å²) in [5.74, 6) is 0. The molecule has 1 aliphatic carbocycles. The zero-order valence-electron chi connectivity index (χ0n) is 26.7. The average molecular weight is 605 g/mol. The molecule has 0 heterocycles. The first kappa shape index (κ1) is 28.6. The van der Waals surface area contributed by atoms with Crippen LogP contribution >= 0.6 is 0 Å². The van der Waals surface area contributed by atoms with E-state index in [1.54, 1.807) is 0 Å². The molecule has 0 aromatic heterocycles. The summed E-state index contributed by atoms with van der Waals surface area (Å²) < 4.78 is 0. The van der Waals surface area contributed by atoms with E-state index in [0.29, 0.717) is 0 Å². The zero-order chi connectivity index (χ0) is 31.8. The molecule has 0 spiro atoms. The van der Waals surface area contributed by atoms with Gasteiger partial charge in [0.15, 0.2) is 0 Å². The molecule has 0 unspecified atom stereocenters. The molecular formula is C45H36N2. The van der Waals surface area contributed by atoms with Crippen LogP contribution in [0.4, 0.5) is 28.4 Å². The molecule has 8 rings (SSSR count). The van der Waals surface area contributed by atoms with Gasteiger partial charge >= 0.3 is 0 Å². The molecule has 1 aliphatic rings. The second kappa shape index (κ2) is 11.8. The monoisotopic (exact) mass is 604 g/mol. The Hall–Kier alpha value is -5.86. The minimum atomic E-state index is -0.0567. The van der Waals surface area contributed by atoms with Crippen molar-refractivity contribution in [3.63, 3.8) is 0 Å². The van der Waals surface area contributed by atoms with Gasteiger partial charge in [-0.3, -0.25) is 0 Å². The van der Waals surface area contributed by atoms with E-state index in [4.69, 9.17) is 0 Å². The highest BCUT2D eigenvalue weighted by Gasteiger charge is 2.35. The maximum absolute atomic E-state index is 3.63. The first-order valence-electron chi connectivity index (χ1n) is 16.3. The predicted molar refractivity (Wildman–Crippen MR) is 199 cm³/mol. The van der Waals surface area contributed by atoms with Crippen LogP contribution in [-0.4, -0.2) is 0 Å². The van der Waals surface area contributed by atoms with Crippen LogP contribution in [0.1, 0.15) is 25.0 Å². The predicted octanol–water partition coefficient (Wildman–Crippen LogP) is 12.5. The van der Waals surface area contributed by atoms with Gasteiger partial charge in [-0.1, -0.05) is 135 Å². The van der Waals surface area contributed by atoms with Gasteiger partial charge in [-0.05, 0) is 93.5 Å². The Balaban J connectivity index is 1.08. The van der Waals surface area contributed by atoms with E-state index in [2.05, 4.69) is 200 Å². The highest BCUT2D eigenvalue weighted by molar-refractivity contribution is 5.86. The lowest BCUT2D eigenvalue weighted by atomic mass is 9.82. The summed E-state index contributed by atoms with van der Waals surface area (Å²) in [6, 6.07) is 63.0. The molecule has 47 heavy (non-hydrogen) atoms. The Morgan fingerprint density at radius 3 is 1.66 bits per heavy atom. The van der Waals surface area contributed by atoms with Crippen molar-refractivity contribution in [1.29, 1.82) is 0 Å². The maximum Gasteiger partial charge on any atom is 0.0465 e. The van der Waals surface area contributed by atoms with E-state index < -0.39 is 0 Å². The lowest BCUT2D eigenvalue weighted by Crippen LogP contribution is -2.16. The third kappa shape index (κ3) is 5.28. The Labute approximate surface area is 277 Å². The van der Waals surface area contributed by atoms with Crippen LogP contribution < -0.4 is 10.2 Å². The van der Waals surface area contributed by atoms with Crippen LogP contribution in [0.25, 0.3) is 33.4 Å². The fraction of sp³-hybridized carbons (Fsp3) is 0.0667. The van der Waals surface area contributed by atoms with Crippen LogP contribution in [0.3, 0.4) is 0 Å². The van der Waals surface area contributed by atoms with Crippen molar-refractivity contribution < 1.29 is 0 Å². The van der Waals surface area contributed by atoms with Gasteiger partial charge in [0.05, 0.1) is 0 Å². The lowest BCUT2D eigenvalue weighted by Gasteiger charge is -2.28.